The molecule has 1 aromatic heterocycles. The molecule has 16 heavy (non-hydrogen) atoms. The maximum atomic E-state index is 9.90. The molecule has 1 aromatic rings. The van der Waals surface area contributed by atoms with Crippen LogP contribution < -0.4 is 4.78 Å². The number of nitrogens with zero attached hydrogens (tertiary/aromatic N) is 1. The van der Waals surface area contributed by atoms with Crippen LogP contribution in [-0.2, 0) is 4.65 Å². The van der Waals surface area contributed by atoms with E-state index in [-0.39, 0.29) is 0 Å². The molecule has 0 atom stereocenters. The molecule has 0 fully saturated rings. The van der Waals surface area contributed by atoms with E-state index in [9.17, 15) is 10.1 Å². The van der Waals surface area contributed by atoms with Gasteiger partial charge in [0.2, 0.25) is 0 Å². The Morgan fingerprint density at radius 2 is 1.94 bits per heavy atom. The normalized spacial score (nSPS) is 12.9. The summed E-state index contributed by atoms with van der Waals surface area (Å²) in [5.74, 6) is 0. The highest BCUT2D eigenvalue weighted by Gasteiger charge is 2.39. The molecule has 4 nitrogen and oxygen atoms in total. The van der Waals surface area contributed by atoms with Gasteiger partial charge in [-0.05, 0) is 34.6 Å². The Morgan fingerprint density at radius 1 is 1.38 bits per heavy atom. The summed E-state index contributed by atoms with van der Waals surface area (Å²) in [5.41, 5.74) is -1.88. The number of aliphatic hydroxyl groups is 1. The summed E-state index contributed by atoms with van der Waals surface area (Å²) in [6.07, 6.45) is 1.59. The smallest absolute Gasteiger partial charge is 0.422 e. The van der Waals surface area contributed by atoms with E-state index in [0.29, 0.717) is 4.78 Å². The van der Waals surface area contributed by atoms with Crippen LogP contribution in [0.15, 0.2) is 6.20 Å². The fourth-order valence-corrected chi connectivity index (χ4v) is 1.67. The molecule has 0 unspecified atom stereocenters. The molecule has 1 rings (SSSR count). The van der Waals surface area contributed by atoms with Gasteiger partial charge in [0.05, 0.1) is 21.0 Å². The number of hydrogen-bond donors (Lipinski definition) is 2. The van der Waals surface area contributed by atoms with Gasteiger partial charge in [-0.25, -0.2) is 0 Å². The van der Waals surface area contributed by atoms with Crippen LogP contribution >= 0.6 is 11.3 Å². The lowest BCUT2D eigenvalue weighted by Crippen LogP contribution is -2.52. The van der Waals surface area contributed by atoms with E-state index in [1.165, 1.54) is 11.3 Å². The molecule has 0 aliphatic rings. The number of aryl methyl sites for hydroxylation is 1. The van der Waals surface area contributed by atoms with Crippen molar-refractivity contribution in [1.29, 1.82) is 0 Å². The van der Waals surface area contributed by atoms with Gasteiger partial charge in [-0.1, -0.05) is 0 Å². The first-order valence-corrected chi connectivity index (χ1v) is 5.96. The fourth-order valence-electron chi connectivity index (χ4n) is 0.973. The molecule has 6 heteroatoms. The molecule has 0 saturated carbocycles. The van der Waals surface area contributed by atoms with E-state index < -0.39 is 18.3 Å². The van der Waals surface area contributed by atoms with E-state index in [0.717, 1.165) is 5.01 Å². The van der Waals surface area contributed by atoms with Gasteiger partial charge < -0.3 is 14.8 Å². The summed E-state index contributed by atoms with van der Waals surface area (Å²) < 4.78 is 6.13. The SMILES string of the molecule is Cc1ncc(B(O)OC(C)(C)C(C)(C)O)s1. The van der Waals surface area contributed by atoms with E-state index in [1.807, 2.05) is 6.92 Å². The first-order chi connectivity index (χ1) is 7.13. The summed E-state index contributed by atoms with van der Waals surface area (Å²) in [4.78, 5) is 4.05. The number of rotatable bonds is 4. The lowest BCUT2D eigenvalue weighted by molar-refractivity contribution is -0.0981. The van der Waals surface area contributed by atoms with Crippen molar-refractivity contribution in [3.05, 3.63) is 11.2 Å². The lowest BCUT2D eigenvalue weighted by atomic mass is 9.82. The van der Waals surface area contributed by atoms with Crippen molar-refractivity contribution in [2.45, 2.75) is 45.8 Å². The highest BCUT2D eigenvalue weighted by atomic mass is 32.1. The molecule has 90 valence electrons. The van der Waals surface area contributed by atoms with Crippen molar-refractivity contribution in [3.63, 3.8) is 0 Å². The Kier molecular flexibility index (Phi) is 3.79. The standard InChI is InChI=1S/C10H18BNO3S/c1-7-12-6-8(16-7)11(14)15-10(4,5)9(2,3)13/h6,13-14H,1-5H3. The van der Waals surface area contributed by atoms with Crippen LogP contribution in [-0.4, -0.2) is 33.4 Å². The zero-order valence-electron chi connectivity index (χ0n) is 10.3. The van der Waals surface area contributed by atoms with Gasteiger partial charge >= 0.3 is 7.12 Å². The van der Waals surface area contributed by atoms with Gasteiger partial charge in [-0.3, -0.25) is 4.98 Å². The van der Waals surface area contributed by atoms with Gasteiger partial charge in [0.25, 0.3) is 0 Å². The van der Waals surface area contributed by atoms with Crippen LogP contribution in [0.5, 0.6) is 0 Å². The summed E-state index contributed by atoms with van der Waals surface area (Å²) in [5, 5.41) is 20.6. The molecule has 0 aliphatic carbocycles. The highest BCUT2D eigenvalue weighted by molar-refractivity contribution is 7.21. The largest absolute Gasteiger partial charge is 0.503 e. The lowest BCUT2D eigenvalue weighted by Gasteiger charge is -2.38. The summed E-state index contributed by atoms with van der Waals surface area (Å²) in [6.45, 7) is 8.64. The zero-order chi connectivity index (χ0) is 12.6. The van der Waals surface area contributed by atoms with Crippen LogP contribution in [0.2, 0.25) is 0 Å². The van der Waals surface area contributed by atoms with Crippen LogP contribution in [0.1, 0.15) is 32.7 Å². The molecular formula is C10H18BNO3S. The molecule has 2 N–H and O–H groups in total. The quantitative estimate of drug-likeness (QED) is 0.764. The zero-order valence-corrected chi connectivity index (χ0v) is 11.1. The molecule has 0 bridgehead atoms. The van der Waals surface area contributed by atoms with E-state index in [4.69, 9.17) is 4.65 Å². The van der Waals surface area contributed by atoms with E-state index >= 15 is 0 Å². The van der Waals surface area contributed by atoms with Gasteiger partial charge in [-0.2, -0.15) is 0 Å². The van der Waals surface area contributed by atoms with Gasteiger partial charge in [0.1, 0.15) is 0 Å². The molecule has 0 saturated heterocycles. The average molecular weight is 243 g/mol. The first kappa shape index (κ1) is 13.6. The van der Waals surface area contributed by atoms with Crippen LogP contribution in [0, 0.1) is 6.92 Å². The minimum absolute atomic E-state index is 0.648. The topological polar surface area (TPSA) is 62.6 Å². The third-order valence-corrected chi connectivity index (χ3v) is 3.71. The monoisotopic (exact) mass is 243 g/mol. The fraction of sp³-hybridized carbons (Fsp3) is 0.700. The van der Waals surface area contributed by atoms with Crippen molar-refractivity contribution in [1.82, 2.24) is 4.98 Å². The van der Waals surface area contributed by atoms with Crippen LogP contribution in [0.4, 0.5) is 0 Å². The van der Waals surface area contributed by atoms with Crippen molar-refractivity contribution < 1.29 is 14.8 Å². The van der Waals surface area contributed by atoms with Gasteiger partial charge in [-0.15, -0.1) is 11.3 Å². The molecule has 1 heterocycles. The molecule has 0 radical (unpaired) electrons. The summed E-state index contributed by atoms with van der Waals surface area (Å²) >= 11 is 1.38. The molecule has 0 aromatic carbocycles. The Balaban J connectivity index is 2.75. The van der Waals surface area contributed by atoms with Crippen molar-refractivity contribution >= 4 is 23.2 Å². The Hall–Kier alpha value is -0.425. The van der Waals surface area contributed by atoms with Crippen molar-refractivity contribution in [2.24, 2.45) is 0 Å². The van der Waals surface area contributed by atoms with Crippen molar-refractivity contribution in [3.8, 4) is 0 Å². The Labute approximate surface area is 100 Å². The second kappa shape index (κ2) is 4.45. The molecular weight excluding hydrogens is 225 g/mol. The number of thiazole rings is 1. The molecule has 0 amide bonds. The third-order valence-electron chi connectivity index (χ3n) is 2.76. The van der Waals surface area contributed by atoms with Gasteiger partial charge in [0.15, 0.2) is 0 Å². The summed E-state index contributed by atoms with van der Waals surface area (Å²) in [6, 6.07) is 0. The minimum Gasteiger partial charge on any atom is -0.422 e. The third kappa shape index (κ3) is 3.04. The number of hydrogen-bond acceptors (Lipinski definition) is 5. The maximum absolute atomic E-state index is 9.90. The van der Waals surface area contributed by atoms with E-state index in [1.54, 1.807) is 33.9 Å². The van der Waals surface area contributed by atoms with Crippen LogP contribution in [0.3, 0.4) is 0 Å². The highest BCUT2D eigenvalue weighted by Crippen LogP contribution is 2.25. The first-order valence-electron chi connectivity index (χ1n) is 5.14. The number of aromatic nitrogens is 1. The maximum Gasteiger partial charge on any atom is 0.503 e. The second-order valence-electron chi connectivity index (χ2n) is 4.82. The Bertz CT molecular complexity index is 359. The molecule has 0 spiro atoms. The second-order valence-corrected chi connectivity index (χ2v) is 6.09. The minimum atomic E-state index is -1.05. The summed E-state index contributed by atoms with van der Waals surface area (Å²) in [7, 11) is -1.05. The van der Waals surface area contributed by atoms with Crippen molar-refractivity contribution in [2.75, 3.05) is 0 Å². The molecule has 0 aliphatic heterocycles. The van der Waals surface area contributed by atoms with Gasteiger partial charge in [0, 0.05) is 6.20 Å². The predicted molar refractivity (Wildman–Crippen MR) is 65.9 cm³/mol. The Morgan fingerprint density at radius 3 is 2.31 bits per heavy atom. The average Bonchev–Trinajstić information content (AvgIpc) is 2.48. The van der Waals surface area contributed by atoms with E-state index in [2.05, 4.69) is 4.98 Å². The predicted octanol–water partition coefficient (Wildman–Crippen LogP) is 0.705. The van der Waals surface area contributed by atoms with Crippen LogP contribution in [0.25, 0.3) is 0 Å².